The van der Waals surface area contributed by atoms with E-state index in [0.717, 1.165) is 23.1 Å². The lowest BCUT2D eigenvalue weighted by Crippen LogP contribution is -2.35. The molecule has 0 bridgehead atoms. The van der Waals surface area contributed by atoms with Crippen LogP contribution in [-0.2, 0) is 4.79 Å². The Bertz CT molecular complexity index is 156. The highest BCUT2D eigenvalue weighted by Gasteiger charge is 2.30. The molecule has 58 valence electrons. The molecular weight excluding hydrogens is 142 g/mol. The summed E-state index contributed by atoms with van der Waals surface area (Å²) < 4.78 is 0. The van der Waals surface area contributed by atoms with Crippen molar-refractivity contribution in [1.29, 1.82) is 0 Å². The Morgan fingerprint density at radius 2 is 2.40 bits per heavy atom. The van der Waals surface area contributed by atoms with Gasteiger partial charge in [-0.1, -0.05) is 6.92 Å². The molecule has 1 aliphatic carbocycles. The lowest BCUT2D eigenvalue weighted by atomic mass is 9.85. The molecule has 3 heteroatoms. The summed E-state index contributed by atoms with van der Waals surface area (Å²) in [6.07, 6.45) is 2.43. The first-order valence-corrected chi connectivity index (χ1v) is 4.77. The molecule has 0 aromatic rings. The standard InChI is InChI=1S/C7H15NOSi/c1-7(10)3-5(8)2-6(9)4-7/h5H,2-4,8H2,1,10H3. The number of nitrogens with two attached hydrogens (primary N) is 1. The first-order valence-electron chi connectivity index (χ1n) is 3.77. The van der Waals surface area contributed by atoms with Crippen LogP contribution in [0.15, 0.2) is 0 Å². The van der Waals surface area contributed by atoms with Crippen LogP contribution in [-0.4, -0.2) is 22.1 Å². The Kier molecular flexibility index (Phi) is 1.96. The van der Waals surface area contributed by atoms with Crippen LogP contribution >= 0.6 is 0 Å². The summed E-state index contributed by atoms with van der Waals surface area (Å²) in [6, 6.07) is 0.142. The molecular formula is C7H15NOSi. The molecule has 0 aromatic carbocycles. The van der Waals surface area contributed by atoms with Crippen molar-refractivity contribution in [2.24, 2.45) is 5.73 Å². The van der Waals surface area contributed by atoms with Crippen LogP contribution in [0.2, 0.25) is 5.04 Å². The average Bonchev–Trinajstić information content (AvgIpc) is 1.54. The molecule has 0 radical (unpaired) electrons. The summed E-state index contributed by atoms with van der Waals surface area (Å²) >= 11 is 0. The molecule has 0 aliphatic heterocycles. The summed E-state index contributed by atoms with van der Waals surface area (Å²) in [5.74, 6) is 0.358. The minimum Gasteiger partial charge on any atom is -0.327 e. The number of Topliss-reactive ketones (excluding diaryl/α,β-unsaturated/α-hetero) is 1. The first-order chi connectivity index (χ1) is 4.49. The average molecular weight is 157 g/mol. The van der Waals surface area contributed by atoms with Gasteiger partial charge in [0, 0.05) is 29.1 Å². The highest BCUT2D eigenvalue weighted by Crippen LogP contribution is 2.36. The molecule has 0 heterocycles. The summed E-state index contributed by atoms with van der Waals surface area (Å²) in [5, 5.41) is 0.286. The van der Waals surface area contributed by atoms with Gasteiger partial charge in [0.05, 0.1) is 0 Å². The van der Waals surface area contributed by atoms with E-state index in [2.05, 4.69) is 6.92 Å². The van der Waals surface area contributed by atoms with Gasteiger partial charge in [-0.25, -0.2) is 0 Å². The van der Waals surface area contributed by atoms with Crippen molar-refractivity contribution in [3.8, 4) is 0 Å². The fourth-order valence-electron chi connectivity index (χ4n) is 1.75. The van der Waals surface area contributed by atoms with Gasteiger partial charge in [-0.05, 0) is 11.5 Å². The Balaban J connectivity index is 2.59. The summed E-state index contributed by atoms with van der Waals surface area (Å²) in [7, 11) is 1.09. The third kappa shape index (κ3) is 1.92. The van der Waals surface area contributed by atoms with E-state index in [9.17, 15) is 4.79 Å². The Morgan fingerprint density at radius 3 is 2.80 bits per heavy atom. The quantitative estimate of drug-likeness (QED) is 0.487. The van der Waals surface area contributed by atoms with Crippen LogP contribution in [0.4, 0.5) is 0 Å². The van der Waals surface area contributed by atoms with Gasteiger partial charge in [0.2, 0.25) is 0 Å². The predicted octanol–water partition coefficient (Wildman–Crippen LogP) is -0.389. The van der Waals surface area contributed by atoms with Gasteiger partial charge in [0.1, 0.15) is 5.78 Å². The van der Waals surface area contributed by atoms with Crippen LogP contribution in [0.25, 0.3) is 0 Å². The smallest absolute Gasteiger partial charge is 0.134 e. The monoisotopic (exact) mass is 157 g/mol. The van der Waals surface area contributed by atoms with E-state index < -0.39 is 0 Å². The zero-order valence-corrected chi connectivity index (χ0v) is 8.68. The maximum Gasteiger partial charge on any atom is 0.134 e. The topological polar surface area (TPSA) is 43.1 Å². The number of ketones is 1. The second-order valence-electron chi connectivity index (χ2n) is 4.05. The second kappa shape index (κ2) is 2.47. The Labute approximate surface area is 64.6 Å². The Morgan fingerprint density at radius 1 is 1.80 bits per heavy atom. The molecule has 0 amide bonds. The summed E-state index contributed by atoms with van der Waals surface area (Å²) in [5.41, 5.74) is 5.70. The number of rotatable bonds is 0. The maximum absolute atomic E-state index is 11.0. The highest BCUT2D eigenvalue weighted by atomic mass is 28.1. The molecule has 2 nitrogen and oxygen atoms in total. The van der Waals surface area contributed by atoms with E-state index in [4.69, 9.17) is 5.73 Å². The molecule has 10 heavy (non-hydrogen) atoms. The molecule has 0 spiro atoms. The van der Waals surface area contributed by atoms with Gasteiger partial charge < -0.3 is 5.73 Å². The molecule has 0 saturated heterocycles. The second-order valence-corrected chi connectivity index (χ2v) is 6.46. The molecule has 0 aromatic heterocycles. The zero-order valence-electron chi connectivity index (χ0n) is 6.68. The van der Waals surface area contributed by atoms with Gasteiger partial charge in [0.25, 0.3) is 0 Å². The molecule has 1 rings (SSSR count). The van der Waals surface area contributed by atoms with Crippen molar-refractivity contribution < 1.29 is 4.79 Å². The van der Waals surface area contributed by atoms with Gasteiger partial charge in [0.15, 0.2) is 0 Å². The molecule has 1 saturated carbocycles. The minimum atomic E-state index is 0.142. The number of carbonyl (C=O) groups is 1. The minimum absolute atomic E-state index is 0.142. The van der Waals surface area contributed by atoms with E-state index >= 15 is 0 Å². The van der Waals surface area contributed by atoms with E-state index in [1.54, 1.807) is 0 Å². The summed E-state index contributed by atoms with van der Waals surface area (Å²) in [4.78, 5) is 11.0. The van der Waals surface area contributed by atoms with Crippen molar-refractivity contribution in [2.45, 2.75) is 37.3 Å². The molecule has 1 fully saturated rings. The Hall–Kier alpha value is -0.153. The van der Waals surface area contributed by atoms with Crippen LogP contribution in [0.1, 0.15) is 26.2 Å². The van der Waals surface area contributed by atoms with E-state index in [-0.39, 0.29) is 11.1 Å². The number of hydrogen-bond donors (Lipinski definition) is 1. The van der Waals surface area contributed by atoms with Crippen LogP contribution in [0, 0.1) is 0 Å². The molecule has 1 aliphatic rings. The molecule has 2 N–H and O–H groups in total. The highest BCUT2D eigenvalue weighted by molar-refractivity contribution is 6.17. The molecule has 2 unspecified atom stereocenters. The first kappa shape index (κ1) is 7.95. The lowest BCUT2D eigenvalue weighted by Gasteiger charge is -2.32. The fourth-order valence-corrected chi connectivity index (χ4v) is 2.67. The fraction of sp³-hybridized carbons (Fsp3) is 0.857. The maximum atomic E-state index is 11.0. The normalized spacial score (nSPS) is 42.2. The number of hydrogen-bond acceptors (Lipinski definition) is 2. The van der Waals surface area contributed by atoms with Crippen molar-refractivity contribution in [1.82, 2.24) is 0 Å². The zero-order chi connectivity index (χ0) is 7.78. The summed E-state index contributed by atoms with van der Waals surface area (Å²) in [6.45, 7) is 2.16. The third-order valence-corrected chi connectivity index (χ3v) is 2.74. The van der Waals surface area contributed by atoms with Gasteiger partial charge >= 0.3 is 0 Å². The lowest BCUT2D eigenvalue weighted by molar-refractivity contribution is -0.121. The van der Waals surface area contributed by atoms with Crippen molar-refractivity contribution in [2.75, 3.05) is 0 Å². The number of carbonyl (C=O) groups excluding carboxylic acids is 1. The van der Waals surface area contributed by atoms with Crippen molar-refractivity contribution in [3.05, 3.63) is 0 Å². The van der Waals surface area contributed by atoms with Crippen LogP contribution in [0.3, 0.4) is 0 Å². The predicted molar refractivity (Wildman–Crippen MR) is 45.1 cm³/mol. The van der Waals surface area contributed by atoms with E-state index in [0.29, 0.717) is 12.2 Å². The molecule has 2 atom stereocenters. The third-order valence-electron chi connectivity index (χ3n) is 1.98. The van der Waals surface area contributed by atoms with Crippen molar-refractivity contribution >= 4 is 16.0 Å². The van der Waals surface area contributed by atoms with Gasteiger partial charge in [-0.2, -0.15) is 0 Å². The van der Waals surface area contributed by atoms with E-state index in [1.165, 1.54) is 0 Å². The van der Waals surface area contributed by atoms with E-state index in [1.807, 2.05) is 0 Å². The van der Waals surface area contributed by atoms with Crippen LogP contribution < -0.4 is 5.73 Å². The van der Waals surface area contributed by atoms with Gasteiger partial charge in [-0.15, -0.1) is 0 Å². The van der Waals surface area contributed by atoms with Crippen LogP contribution in [0.5, 0.6) is 0 Å². The van der Waals surface area contributed by atoms with Crippen molar-refractivity contribution in [3.63, 3.8) is 0 Å². The van der Waals surface area contributed by atoms with Gasteiger partial charge in [-0.3, -0.25) is 4.79 Å². The largest absolute Gasteiger partial charge is 0.327 e. The SMILES string of the molecule is CC1([SiH3])CC(=O)CC(N)C1.